The third-order valence-corrected chi connectivity index (χ3v) is 6.89. The molecule has 0 bridgehead atoms. The van der Waals surface area contributed by atoms with Crippen molar-refractivity contribution in [1.29, 1.82) is 0 Å². The Labute approximate surface area is 245 Å². The van der Waals surface area contributed by atoms with Crippen molar-refractivity contribution in [1.82, 2.24) is 21.3 Å². The highest BCUT2D eigenvalue weighted by molar-refractivity contribution is 5.95. The van der Waals surface area contributed by atoms with Crippen LogP contribution in [-0.4, -0.2) is 60.7 Å². The molecule has 1 unspecified atom stereocenters. The molecule has 0 spiro atoms. The van der Waals surface area contributed by atoms with Gasteiger partial charge in [0.1, 0.15) is 23.9 Å². The lowest BCUT2D eigenvalue weighted by molar-refractivity contribution is -0.135. The van der Waals surface area contributed by atoms with Crippen molar-refractivity contribution in [3.05, 3.63) is 29.8 Å². The summed E-state index contributed by atoms with van der Waals surface area (Å²) in [4.78, 5) is 63.8. The number of methoxy groups -OCH3 is 1. The molecule has 0 aliphatic heterocycles. The first-order valence-electron chi connectivity index (χ1n) is 14.8. The van der Waals surface area contributed by atoms with E-state index in [2.05, 4.69) is 21.3 Å². The fraction of sp³-hybridized carbons (Fsp3) is 0.645. The molecule has 10 heteroatoms. The van der Waals surface area contributed by atoms with Crippen molar-refractivity contribution in [2.24, 2.45) is 5.92 Å². The minimum absolute atomic E-state index is 0.0562. The normalized spacial score (nSPS) is 13.9. The maximum Gasteiger partial charge on any atom is 0.243 e. The number of carbonyl (C=O) groups is 5. The first-order chi connectivity index (χ1) is 19.5. The van der Waals surface area contributed by atoms with Crippen LogP contribution < -0.4 is 26.0 Å². The molecule has 4 N–H and O–H groups in total. The molecule has 4 amide bonds. The fourth-order valence-corrected chi connectivity index (χ4v) is 4.53. The van der Waals surface area contributed by atoms with Gasteiger partial charge in [-0.2, -0.15) is 0 Å². The molecule has 4 atom stereocenters. The molecule has 1 aromatic rings. The van der Waals surface area contributed by atoms with Gasteiger partial charge >= 0.3 is 0 Å². The quantitative estimate of drug-likeness (QED) is 0.200. The number of nitrogens with one attached hydrogen (secondary N) is 4. The van der Waals surface area contributed by atoms with E-state index in [9.17, 15) is 24.0 Å². The Hall–Kier alpha value is -3.43. The highest BCUT2D eigenvalue weighted by Crippen LogP contribution is 2.14. The molecule has 0 aliphatic rings. The number of carbonyl (C=O) groups excluding carboxylic acids is 5. The van der Waals surface area contributed by atoms with Crippen LogP contribution in [0.4, 0.5) is 0 Å². The third-order valence-electron chi connectivity index (χ3n) is 6.89. The van der Waals surface area contributed by atoms with Gasteiger partial charge in [0.15, 0.2) is 5.78 Å². The summed E-state index contributed by atoms with van der Waals surface area (Å²) >= 11 is 0. The van der Waals surface area contributed by atoms with E-state index in [0.717, 1.165) is 17.7 Å². The second kappa shape index (κ2) is 18.8. The molecular formula is C31H50N4O6. The van der Waals surface area contributed by atoms with Gasteiger partial charge in [-0.25, -0.2) is 0 Å². The Morgan fingerprint density at radius 1 is 0.756 bits per heavy atom. The molecular weight excluding hydrogens is 524 g/mol. The zero-order chi connectivity index (χ0) is 30.9. The van der Waals surface area contributed by atoms with E-state index in [0.29, 0.717) is 44.9 Å². The van der Waals surface area contributed by atoms with E-state index in [1.807, 2.05) is 58.9 Å². The molecule has 10 nitrogen and oxygen atoms in total. The van der Waals surface area contributed by atoms with Crippen LogP contribution in [0.15, 0.2) is 24.3 Å². The number of amides is 4. The highest BCUT2D eigenvalue weighted by Gasteiger charge is 2.31. The van der Waals surface area contributed by atoms with Crippen LogP contribution in [0.5, 0.6) is 5.75 Å². The van der Waals surface area contributed by atoms with E-state index in [4.69, 9.17) is 4.74 Å². The molecule has 41 heavy (non-hydrogen) atoms. The van der Waals surface area contributed by atoms with Crippen LogP contribution in [0.3, 0.4) is 0 Å². The Morgan fingerprint density at radius 3 is 1.78 bits per heavy atom. The van der Waals surface area contributed by atoms with E-state index in [-0.39, 0.29) is 17.6 Å². The van der Waals surface area contributed by atoms with Crippen LogP contribution in [0.2, 0.25) is 0 Å². The molecule has 0 saturated heterocycles. The standard InChI is InChI=1S/C31H50N4O6/c1-8-12-25(32-21(6)36)29(38)34-26(13-9-2)30(39)35-28(20(4)5)31(40)33-24(10-3)27(37)15-11-14-22-16-18-23(41-7)19-17-22/h16-20,24-26,28H,8-15H2,1-7H3,(H,32,36)(H,33,40)(H,34,38)(H,35,39)/t24-,25-,26-,28?/m0/s1. The van der Waals surface area contributed by atoms with Crippen molar-refractivity contribution in [2.45, 2.75) is 117 Å². The lowest BCUT2D eigenvalue weighted by Crippen LogP contribution is -2.58. The van der Waals surface area contributed by atoms with E-state index in [1.165, 1.54) is 6.92 Å². The van der Waals surface area contributed by atoms with Crippen LogP contribution in [0.25, 0.3) is 0 Å². The Bertz CT molecular complexity index is 995. The second-order valence-electron chi connectivity index (χ2n) is 10.8. The molecule has 230 valence electrons. The number of ketones is 1. The molecule has 1 rings (SSSR count). The van der Waals surface area contributed by atoms with Gasteiger partial charge in [0.05, 0.1) is 13.2 Å². The maximum atomic E-state index is 13.2. The molecule has 0 fully saturated rings. The van der Waals surface area contributed by atoms with E-state index >= 15 is 0 Å². The average molecular weight is 575 g/mol. The first-order valence-corrected chi connectivity index (χ1v) is 14.8. The summed E-state index contributed by atoms with van der Waals surface area (Å²) in [6.45, 7) is 10.6. The number of Topliss-reactive ketones (excluding diaryl/α,β-unsaturated/α-hetero) is 1. The van der Waals surface area contributed by atoms with E-state index in [1.54, 1.807) is 7.11 Å². The summed E-state index contributed by atoms with van der Waals surface area (Å²) in [5, 5.41) is 11.0. The smallest absolute Gasteiger partial charge is 0.243 e. The molecule has 0 radical (unpaired) electrons. The van der Waals surface area contributed by atoms with Gasteiger partial charge in [-0.3, -0.25) is 24.0 Å². The number of benzene rings is 1. The lowest BCUT2D eigenvalue weighted by atomic mass is 9.99. The zero-order valence-corrected chi connectivity index (χ0v) is 25.8. The zero-order valence-electron chi connectivity index (χ0n) is 25.8. The number of aryl methyl sites for hydroxylation is 1. The van der Waals surface area contributed by atoms with Gasteiger partial charge in [-0.05, 0) is 55.7 Å². The van der Waals surface area contributed by atoms with Gasteiger partial charge < -0.3 is 26.0 Å². The van der Waals surface area contributed by atoms with Crippen molar-refractivity contribution in [3.8, 4) is 5.75 Å². The van der Waals surface area contributed by atoms with Gasteiger partial charge in [0, 0.05) is 13.3 Å². The lowest BCUT2D eigenvalue weighted by Gasteiger charge is -2.27. The summed E-state index contributed by atoms with van der Waals surface area (Å²) in [5.74, 6) is -1.22. The summed E-state index contributed by atoms with van der Waals surface area (Å²) < 4.78 is 5.17. The number of hydrogen-bond acceptors (Lipinski definition) is 6. The monoisotopic (exact) mass is 574 g/mol. The number of hydrogen-bond donors (Lipinski definition) is 4. The Kier molecular flexibility index (Phi) is 16.3. The van der Waals surface area contributed by atoms with Crippen molar-refractivity contribution >= 4 is 29.4 Å². The van der Waals surface area contributed by atoms with E-state index < -0.39 is 41.9 Å². The van der Waals surface area contributed by atoms with Crippen LogP contribution in [-0.2, 0) is 30.4 Å². The molecule has 0 aromatic heterocycles. The second-order valence-corrected chi connectivity index (χ2v) is 10.8. The van der Waals surface area contributed by atoms with Crippen LogP contribution in [0, 0.1) is 5.92 Å². The predicted octanol–water partition coefficient (Wildman–Crippen LogP) is 3.21. The summed E-state index contributed by atoms with van der Waals surface area (Å²) in [7, 11) is 1.61. The summed E-state index contributed by atoms with van der Waals surface area (Å²) in [6.07, 6.45) is 4.25. The summed E-state index contributed by atoms with van der Waals surface area (Å²) in [5.41, 5.74) is 1.10. The van der Waals surface area contributed by atoms with Gasteiger partial charge in [-0.1, -0.05) is 59.6 Å². The largest absolute Gasteiger partial charge is 0.497 e. The van der Waals surface area contributed by atoms with Gasteiger partial charge in [0.25, 0.3) is 0 Å². The molecule has 0 saturated carbocycles. The van der Waals surface area contributed by atoms with Crippen molar-refractivity contribution in [2.75, 3.05) is 7.11 Å². The topological polar surface area (TPSA) is 143 Å². The van der Waals surface area contributed by atoms with Gasteiger partial charge in [0.2, 0.25) is 23.6 Å². The molecule has 1 aromatic carbocycles. The fourth-order valence-electron chi connectivity index (χ4n) is 4.53. The van der Waals surface area contributed by atoms with Crippen molar-refractivity contribution in [3.63, 3.8) is 0 Å². The maximum absolute atomic E-state index is 13.2. The number of rotatable bonds is 19. The first kappa shape index (κ1) is 35.6. The SMILES string of the molecule is CCC[C@H](NC(C)=O)C(=O)N[C@@H](CCC)C(=O)NC(C(=O)N[C@@H](CC)C(=O)CCCc1ccc(OC)cc1)C(C)C. The van der Waals surface area contributed by atoms with Crippen LogP contribution in [0.1, 0.15) is 92.1 Å². The minimum atomic E-state index is -0.887. The van der Waals surface area contributed by atoms with Crippen molar-refractivity contribution < 1.29 is 28.7 Å². The van der Waals surface area contributed by atoms with Gasteiger partial charge in [-0.15, -0.1) is 0 Å². The highest BCUT2D eigenvalue weighted by atomic mass is 16.5. The molecule has 0 heterocycles. The Morgan fingerprint density at radius 2 is 1.29 bits per heavy atom. The third kappa shape index (κ3) is 12.7. The summed E-state index contributed by atoms with van der Waals surface area (Å²) in [6, 6.07) is 4.56. The average Bonchev–Trinajstić information content (AvgIpc) is 2.93. The predicted molar refractivity (Wildman–Crippen MR) is 159 cm³/mol. The Balaban J connectivity index is 2.81. The van der Waals surface area contributed by atoms with Crippen LogP contribution >= 0.6 is 0 Å². The number of ether oxygens (including phenoxy) is 1. The minimum Gasteiger partial charge on any atom is -0.497 e. The molecule has 0 aliphatic carbocycles.